The monoisotopic (exact) mass is 301 g/mol. The van der Waals surface area contributed by atoms with E-state index >= 15 is 0 Å². The molecule has 3 amide bonds. The molecule has 0 saturated heterocycles. The van der Waals surface area contributed by atoms with Gasteiger partial charge in [0.2, 0.25) is 5.91 Å². The predicted molar refractivity (Wildman–Crippen MR) is 79.7 cm³/mol. The average Bonchev–Trinajstić information content (AvgIpc) is 2.24. The van der Waals surface area contributed by atoms with E-state index in [1.54, 1.807) is 0 Å². The highest BCUT2D eigenvalue weighted by Gasteiger charge is 2.22. The number of rotatable bonds is 9. The van der Waals surface area contributed by atoms with Crippen LogP contribution in [-0.4, -0.2) is 35.6 Å². The van der Waals surface area contributed by atoms with Crippen LogP contribution in [-0.2, 0) is 9.59 Å². The molecule has 0 heterocycles. The van der Waals surface area contributed by atoms with Gasteiger partial charge in [0.25, 0.3) is 0 Å². The topological polar surface area (TPSA) is 122 Å². The molecule has 1 atom stereocenters. The third-order valence-electron chi connectivity index (χ3n) is 2.75. The summed E-state index contributed by atoms with van der Waals surface area (Å²) in [6.07, 6.45) is 2.05. The van der Waals surface area contributed by atoms with Crippen molar-refractivity contribution in [3.05, 3.63) is 0 Å². The Morgan fingerprint density at radius 1 is 1.19 bits per heavy atom. The fourth-order valence-corrected chi connectivity index (χ4v) is 1.99. The molecule has 5 N–H and O–H groups in total. The van der Waals surface area contributed by atoms with Crippen LogP contribution >= 0.6 is 0 Å². The average molecular weight is 301 g/mol. The van der Waals surface area contributed by atoms with E-state index in [9.17, 15) is 14.4 Å². The standard InChI is InChI=1S/C14H27N3O4/c1-14(2,3)9-10(8-12(19)20)17-13(21)16-7-5-4-6-11(15)18/h10H,4-9H2,1-3H3,(H2,15,18)(H,19,20)(H2,16,17,21). The molecule has 21 heavy (non-hydrogen) atoms. The van der Waals surface area contributed by atoms with Gasteiger partial charge in [0, 0.05) is 19.0 Å². The number of carboxylic acids is 1. The Bertz CT molecular complexity index is 364. The van der Waals surface area contributed by atoms with E-state index in [4.69, 9.17) is 10.8 Å². The Kier molecular flexibility index (Phi) is 8.42. The van der Waals surface area contributed by atoms with Gasteiger partial charge in [0.15, 0.2) is 0 Å². The van der Waals surface area contributed by atoms with E-state index < -0.39 is 12.0 Å². The van der Waals surface area contributed by atoms with Crippen molar-refractivity contribution < 1.29 is 19.5 Å². The summed E-state index contributed by atoms with van der Waals surface area (Å²) in [4.78, 5) is 33.1. The van der Waals surface area contributed by atoms with Crippen molar-refractivity contribution in [3.8, 4) is 0 Å². The molecule has 0 radical (unpaired) electrons. The van der Waals surface area contributed by atoms with Crippen LogP contribution in [0.5, 0.6) is 0 Å². The van der Waals surface area contributed by atoms with Gasteiger partial charge in [-0.2, -0.15) is 0 Å². The first-order valence-corrected chi connectivity index (χ1v) is 7.14. The molecule has 7 heteroatoms. The van der Waals surface area contributed by atoms with Crippen LogP contribution in [0.4, 0.5) is 4.79 Å². The van der Waals surface area contributed by atoms with Crippen LogP contribution in [0, 0.1) is 5.41 Å². The summed E-state index contributed by atoms with van der Waals surface area (Å²) < 4.78 is 0. The number of hydrogen-bond acceptors (Lipinski definition) is 3. The van der Waals surface area contributed by atoms with Crippen molar-refractivity contribution in [2.45, 2.75) is 58.9 Å². The van der Waals surface area contributed by atoms with Crippen molar-refractivity contribution in [1.82, 2.24) is 10.6 Å². The summed E-state index contributed by atoms with van der Waals surface area (Å²) in [6, 6.07) is -0.794. The zero-order valence-electron chi connectivity index (χ0n) is 13.1. The third kappa shape index (κ3) is 13.0. The Morgan fingerprint density at radius 2 is 1.81 bits per heavy atom. The lowest BCUT2D eigenvalue weighted by Crippen LogP contribution is -2.44. The molecular formula is C14H27N3O4. The van der Waals surface area contributed by atoms with Gasteiger partial charge in [-0.05, 0) is 24.7 Å². The maximum absolute atomic E-state index is 11.7. The lowest BCUT2D eigenvalue weighted by Gasteiger charge is -2.25. The highest BCUT2D eigenvalue weighted by molar-refractivity contribution is 5.75. The number of nitrogens with two attached hydrogens (primary N) is 1. The van der Waals surface area contributed by atoms with Crippen molar-refractivity contribution in [1.29, 1.82) is 0 Å². The summed E-state index contributed by atoms with van der Waals surface area (Å²) in [6.45, 7) is 6.40. The third-order valence-corrected chi connectivity index (χ3v) is 2.75. The molecule has 0 aromatic heterocycles. The van der Waals surface area contributed by atoms with Gasteiger partial charge in [-0.15, -0.1) is 0 Å². The predicted octanol–water partition coefficient (Wildman–Crippen LogP) is 1.22. The molecule has 0 bridgehead atoms. The molecule has 0 aliphatic carbocycles. The van der Waals surface area contributed by atoms with Crippen LogP contribution < -0.4 is 16.4 Å². The fourth-order valence-electron chi connectivity index (χ4n) is 1.99. The van der Waals surface area contributed by atoms with E-state index in [2.05, 4.69) is 10.6 Å². The van der Waals surface area contributed by atoms with Gasteiger partial charge in [-0.1, -0.05) is 20.8 Å². The summed E-state index contributed by atoms with van der Waals surface area (Å²) in [5, 5.41) is 14.2. The highest BCUT2D eigenvalue weighted by atomic mass is 16.4. The summed E-state index contributed by atoms with van der Waals surface area (Å²) in [7, 11) is 0. The van der Waals surface area contributed by atoms with E-state index in [0.29, 0.717) is 32.2 Å². The number of primary amides is 1. The Labute approximate surface area is 125 Å². The Morgan fingerprint density at radius 3 is 2.29 bits per heavy atom. The molecule has 0 aliphatic rings. The smallest absolute Gasteiger partial charge is 0.315 e. The fraction of sp³-hybridized carbons (Fsp3) is 0.786. The molecular weight excluding hydrogens is 274 g/mol. The largest absolute Gasteiger partial charge is 0.481 e. The maximum Gasteiger partial charge on any atom is 0.315 e. The minimum absolute atomic E-state index is 0.0745. The first-order chi connectivity index (χ1) is 9.60. The molecule has 122 valence electrons. The van der Waals surface area contributed by atoms with Gasteiger partial charge >= 0.3 is 12.0 Å². The summed E-state index contributed by atoms with van der Waals surface area (Å²) >= 11 is 0. The molecule has 0 fully saturated rings. The second-order valence-corrected chi connectivity index (χ2v) is 6.38. The summed E-state index contributed by atoms with van der Waals surface area (Å²) in [5.74, 6) is -1.29. The van der Waals surface area contributed by atoms with Crippen molar-refractivity contribution in [2.75, 3.05) is 6.54 Å². The number of amides is 3. The van der Waals surface area contributed by atoms with E-state index in [1.165, 1.54) is 0 Å². The number of carbonyl (C=O) groups is 3. The van der Waals surface area contributed by atoms with E-state index in [1.807, 2.05) is 20.8 Å². The number of carbonyl (C=O) groups excluding carboxylic acids is 2. The lowest BCUT2D eigenvalue weighted by atomic mass is 9.87. The molecule has 0 aromatic rings. The maximum atomic E-state index is 11.7. The quantitative estimate of drug-likeness (QED) is 0.478. The first kappa shape index (κ1) is 19.2. The summed E-state index contributed by atoms with van der Waals surface area (Å²) in [5.41, 5.74) is 4.94. The van der Waals surface area contributed by atoms with Gasteiger partial charge in [0.05, 0.1) is 6.42 Å². The van der Waals surface area contributed by atoms with Crippen LogP contribution in [0.3, 0.4) is 0 Å². The highest BCUT2D eigenvalue weighted by Crippen LogP contribution is 2.22. The molecule has 0 rings (SSSR count). The van der Waals surface area contributed by atoms with Crippen molar-refractivity contribution in [2.24, 2.45) is 11.1 Å². The second kappa shape index (κ2) is 9.20. The van der Waals surface area contributed by atoms with Gasteiger partial charge < -0.3 is 21.5 Å². The van der Waals surface area contributed by atoms with Crippen LogP contribution in [0.1, 0.15) is 52.9 Å². The van der Waals surface area contributed by atoms with Crippen molar-refractivity contribution >= 4 is 17.9 Å². The minimum Gasteiger partial charge on any atom is -0.481 e. The van der Waals surface area contributed by atoms with Gasteiger partial charge in [-0.25, -0.2) is 4.79 Å². The zero-order valence-corrected chi connectivity index (χ0v) is 13.1. The molecule has 1 unspecified atom stereocenters. The zero-order chi connectivity index (χ0) is 16.5. The molecule has 0 aliphatic heterocycles. The molecule has 0 aromatic carbocycles. The lowest BCUT2D eigenvalue weighted by molar-refractivity contribution is -0.137. The first-order valence-electron chi connectivity index (χ1n) is 7.14. The molecule has 0 spiro atoms. The number of carboxylic acid groups (broad SMARTS) is 1. The molecule has 7 nitrogen and oxygen atoms in total. The number of urea groups is 1. The Hall–Kier alpha value is -1.79. The van der Waals surface area contributed by atoms with Gasteiger partial charge in [0.1, 0.15) is 0 Å². The normalized spacial score (nSPS) is 12.5. The van der Waals surface area contributed by atoms with E-state index in [-0.39, 0.29) is 23.8 Å². The molecule has 0 saturated carbocycles. The second-order valence-electron chi connectivity index (χ2n) is 6.38. The number of aliphatic carboxylic acids is 1. The Balaban J connectivity index is 4.09. The van der Waals surface area contributed by atoms with Crippen molar-refractivity contribution in [3.63, 3.8) is 0 Å². The SMILES string of the molecule is CC(C)(C)CC(CC(=O)O)NC(=O)NCCCCC(N)=O. The van der Waals surface area contributed by atoms with Crippen LogP contribution in [0.25, 0.3) is 0 Å². The van der Waals surface area contributed by atoms with Crippen LogP contribution in [0.15, 0.2) is 0 Å². The number of hydrogen-bond donors (Lipinski definition) is 4. The van der Waals surface area contributed by atoms with Crippen LogP contribution in [0.2, 0.25) is 0 Å². The number of nitrogens with one attached hydrogen (secondary N) is 2. The number of unbranched alkanes of at least 4 members (excludes halogenated alkanes) is 1. The van der Waals surface area contributed by atoms with Gasteiger partial charge in [-0.3, -0.25) is 9.59 Å². The van der Waals surface area contributed by atoms with E-state index in [0.717, 1.165) is 0 Å². The minimum atomic E-state index is -0.939.